The Morgan fingerprint density at radius 3 is 2.54 bits per heavy atom. The van der Waals surface area contributed by atoms with Gasteiger partial charge in [0.15, 0.2) is 17.3 Å². The highest BCUT2D eigenvalue weighted by Gasteiger charge is 2.25. The number of carbonyl (C=O) groups is 1. The number of fused-ring (bicyclic) bond motifs is 1. The molecule has 0 aliphatic carbocycles. The maximum absolute atomic E-state index is 13.0. The molecule has 144 valence electrons. The third-order valence-corrected chi connectivity index (χ3v) is 4.48. The van der Waals surface area contributed by atoms with E-state index in [0.717, 1.165) is 4.57 Å². The van der Waals surface area contributed by atoms with Crippen molar-refractivity contribution >= 4 is 5.91 Å². The molecule has 1 aliphatic rings. The lowest BCUT2D eigenvalue weighted by molar-refractivity contribution is 0.0951. The van der Waals surface area contributed by atoms with Crippen LogP contribution in [0.3, 0.4) is 0 Å². The van der Waals surface area contributed by atoms with Gasteiger partial charge in [0.05, 0.1) is 5.56 Å². The molecular weight excluding hydrogens is 366 g/mol. The van der Waals surface area contributed by atoms with Crippen molar-refractivity contribution in [3.63, 3.8) is 0 Å². The zero-order chi connectivity index (χ0) is 20.0. The average molecular weight is 383 g/mol. The molecule has 1 aliphatic heterocycles. The zero-order valence-corrected chi connectivity index (χ0v) is 15.1. The number of phenolic OH excluding ortho intramolecular Hbond substituents is 2. The van der Waals surface area contributed by atoms with Gasteiger partial charge >= 0.3 is 6.01 Å². The van der Waals surface area contributed by atoms with E-state index in [1.807, 2.05) is 13.8 Å². The summed E-state index contributed by atoms with van der Waals surface area (Å²) in [6.07, 6.45) is 0. The average Bonchev–Trinajstić information content (AvgIpc) is 3.26. The quantitative estimate of drug-likeness (QED) is 0.630. The van der Waals surface area contributed by atoms with Crippen LogP contribution in [-0.4, -0.2) is 42.8 Å². The van der Waals surface area contributed by atoms with Gasteiger partial charge in [0.2, 0.25) is 6.79 Å². The lowest BCUT2D eigenvalue weighted by Gasteiger charge is -2.13. The molecule has 9 nitrogen and oxygen atoms in total. The number of nitrogens with zero attached hydrogens (tertiary/aromatic N) is 3. The smallest absolute Gasteiger partial charge is 0.322 e. The molecule has 0 bridgehead atoms. The molecule has 4 rings (SSSR count). The van der Waals surface area contributed by atoms with Crippen LogP contribution in [0.25, 0.3) is 11.4 Å². The van der Waals surface area contributed by atoms with Gasteiger partial charge in [-0.05, 0) is 35.7 Å². The molecule has 0 atom stereocenters. The van der Waals surface area contributed by atoms with Gasteiger partial charge in [0.25, 0.3) is 5.91 Å². The van der Waals surface area contributed by atoms with Crippen LogP contribution in [0.15, 0.2) is 30.3 Å². The molecule has 2 aromatic carbocycles. The molecule has 0 radical (unpaired) electrons. The number of hydrogen-bond donors (Lipinski definition) is 3. The van der Waals surface area contributed by atoms with E-state index in [0.29, 0.717) is 17.1 Å². The summed E-state index contributed by atoms with van der Waals surface area (Å²) in [6, 6.07) is 6.66. The van der Waals surface area contributed by atoms with Gasteiger partial charge in [-0.2, -0.15) is 0 Å². The summed E-state index contributed by atoms with van der Waals surface area (Å²) in [4.78, 5) is 13.0. The monoisotopic (exact) mass is 383 g/mol. The highest BCUT2D eigenvalue weighted by Crippen LogP contribution is 2.38. The number of ether oxygens (including phenoxy) is 2. The largest absolute Gasteiger partial charge is 0.508 e. The minimum absolute atomic E-state index is 0.0473. The molecule has 0 amide bonds. The number of hydrogen-bond acceptors (Lipinski definition) is 8. The van der Waals surface area contributed by atoms with Gasteiger partial charge in [-0.1, -0.05) is 18.9 Å². The topological polar surface area (TPSA) is 127 Å². The highest BCUT2D eigenvalue weighted by molar-refractivity contribution is 5.99. The number of aromatic nitrogens is 3. The fourth-order valence-corrected chi connectivity index (χ4v) is 3.03. The Bertz CT molecular complexity index is 1090. The van der Waals surface area contributed by atoms with Gasteiger partial charge in [0, 0.05) is 11.6 Å². The molecular formula is C19H17N3O6. The minimum atomic E-state index is -0.628. The van der Waals surface area contributed by atoms with Crippen molar-refractivity contribution in [3.8, 4) is 40.4 Å². The van der Waals surface area contributed by atoms with E-state index in [1.165, 1.54) is 24.3 Å². The third kappa shape index (κ3) is 2.77. The van der Waals surface area contributed by atoms with Crippen molar-refractivity contribution in [2.24, 2.45) is 0 Å². The molecule has 0 saturated heterocycles. The predicted molar refractivity (Wildman–Crippen MR) is 96.8 cm³/mol. The first-order valence-corrected chi connectivity index (χ1v) is 8.51. The first-order valence-electron chi connectivity index (χ1n) is 8.51. The second kappa shape index (κ2) is 6.45. The van der Waals surface area contributed by atoms with Crippen LogP contribution in [-0.2, 0) is 0 Å². The van der Waals surface area contributed by atoms with E-state index in [2.05, 4.69) is 10.2 Å². The molecule has 3 aromatic rings. The Kier molecular flexibility index (Phi) is 4.07. The Morgan fingerprint density at radius 1 is 1.04 bits per heavy atom. The van der Waals surface area contributed by atoms with Gasteiger partial charge in [-0.3, -0.25) is 4.79 Å². The molecule has 0 saturated carbocycles. The summed E-state index contributed by atoms with van der Waals surface area (Å²) in [6.45, 7) is 3.81. The SMILES string of the molecule is CC(C)c1cc(-c2nnc(O)n2C(=O)c2ccc3c(c2)OCO3)c(O)cc1O. The van der Waals surface area contributed by atoms with Crippen molar-refractivity contribution in [1.82, 2.24) is 14.8 Å². The maximum atomic E-state index is 13.0. The number of carbonyl (C=O) groups excluding carboxylic acids is 1. The summed E-state index contributed by atoms with van der Waals surface area (Å²) < 4.78 is 11.4. The van der Waals surface area contributed by atoms with Crippen LogP contribution in [0, 0.1) is 0 Å². The van der Waals surface area contributed by atoms with Crippen LogP contribution in [0.2, 0.25) is 0 Å². The predicted octanol–water partition coefficient (Wildman–Crippen LogP) is 2.60. The van der Waals surface area contributed by atoms with Gasteiger partial charge in [0.1, 0.15) is 11.5 Å². The Morgan fingerprint density at radius 2 is 1.79 bits per heavy atom. The molecule has 28 heavy (non-hydrogen) atoms. The molecule has 2 heterocycles. The Balaban J connectivity index is 1.83. The summed E-state index contributed by atoms with van der Waals surface area (Å²) in [7, 11) is 0. The summed E-state index contributed by atoms with van der Waals surface area (Å²) in [5, 5.41) is 37.9. The van der Waals surface area contributed by atoms with E-state index >= 15 is 0 Å². The fraction of sp³-hybridized carbons (Fsp3) is 0.211. The number of benzene rings is 2. The zero-order valence-electron chi connectivity index (χ0n) is 15.1. The fourth-order valence-electron chi connectivity index (χ4n) is 3.03. The maximum Gasteiger partial charge on any atom is 0.322 e. The van der Waals surface area contributed by atoms with Crippen molar-refractivity contribution in [2.45, 2.75) is 19.8 Å². The standard InChI is InChI=1S/C19H17N3O6/c1-9(2)11-6-12(14(24)7-13(11)23)17-20-21-19(26)22(17)18(25)10-3-4-15-16(5-10)28-8-27-15/h3-7,9,23-24H,8H2,1-2H3,(H,21,26). The molecule has 1 aromatic heterocycles. The summed E-state index contributed by atoms with van der Waals surface area (Å²) in [5.41, 5.74) is 0.920. The van der Waals surface area contributed by atoms with Gasteiger partial charge in [-0.15, -0.1) is 5.10 Å². The number of rotatable bonds is 3. The van der Waals surface area contributed by atoms with Crippen LogP contribution in [0.5, 0.6) is 29.0 Å². The van der Waals surface area contributed by atoms with E-state index in [9.17, 15) is 20.1 Å². The van der Waals surface area contributed by atoms with Crippen LogP contribution >= 0.6 is 0 Å². The van der Waals surface area contributed by atoms with Crippen LogP contribution in [0.4, 0.5) is 0 Å². The molecule has 0 fully saturated rings. The van der Waals surface area contributed by atoms with Gasteiger partial charge < -0.3 is 24.8 Å². The Hall–Kier alpha value is -3.75. The summed E-state index contributed by atoms with van der Waals surface area (Å²) >= 11 is 0. The third-order valence-electron chi connectivity index (χ3n) is 4.48. The van der Waals surface area contributed by atoms with Gasteiger partial charge in [-0.25, -0.2) is 4.57 Å². The minimum Gasteiger partial charge on any atom is -0.508 e. The first kappa shape index (κ1) is 17.7. The van der Waals surface area contributed by atoms with Crippen molar-refractivity contribution in [3.05, 3.63) is 41.5 Å². The summed E-state index contributed by atoms with van der Waals surface area (Å²) in [5.74, 6) is -0.164. The number of phenols is 2. The Labute approximate surface area is 159 Å². The van der Waals surface area contributed by atoms with E-state index < -0.39 is 11.9 Å². The lowest BCUT2D eigenvalue weighted by Crippen LogP contribution is -2.13. The molecule has 9 heteroatoms. The second-order valence-corrected chi connectivity index (χ2v) is 6.62. The first-order chi connectivity index (χ1) is 13.4. The molecule has 3 N–H and O–H groups in total. The van der Waals surface area contributed by atoms with Crippen LogP contribution in [0.1, 0.15) is 35.7 Å². The van der Waals surface area contributed by atoms with Crippen LogP contribution < -0.4 is 9.47 Å². The normalized spacial score (nSPS) is 12.5. The van der Waals surface area contributed by atoms with Crippen molar-refractivity contribution in [2.75, 3.05) is 6.79 Å². The highest BCUT2D eigenvalue weighted by atomic mass is 16.7. The van der Waals surface area contributed by atoms with Crippen molar-refractivity contribution < 1.29 is 29.6 Å². The van der Waals surface area contributed by atoms with Crippen molar-refractivity contribution in [1.29, 1.82) is 0 Å². The second-order valence-electron chi connectivity index (χ2n) is 6.62. The molecule has 0 spiro atoms. The lowest BCUT2D eigenvalue weighted by atomic mass is 9.98. The van der Waals surface area contributed by atoms with E-state index in [4.69, 9.17) is 9.47 Å². The van der Waals surface area contributed by atoms with E-state index in [-0.39, 0.29) is 41.2 Å². The van der Waals surface area contributed by atoms with E-state index in [1.54, 1.807) is 6.07 Å². The number of aromatic hydroxyl groups is 3. The molecule has 0 unspecified atom stereocenters.